The Morgan fingerprint density at radius 2 is 0.727 bits per heavy atom. The molecule has 4 N–H and O–H groups in total. The zero-order valence-electron chi connectivity index (χ0n) is 17.5. The Morgan fingerprint density at radius 3 is 1.06 bits per heavy atom. The summed E-state index contributed by atoms with van der Waals surface area (Å²) in [6.07, 6.45) is 3.04. The molecule has 0 saturated heterocycles. The number of aliphatic imine (C=N–C) groups is 2. The van der Waals surface area contributed by atoms with Crippen molar-refractivity contribution in [3.63, 3.8) is 0 Å². The molecule has 0 aliphatic rings. The van der Waals surface area contributed by atoms with E-state index in [4.69, 9.17) is 0 Å². The molecule has 4 rings (SSSR count). The average Bonchev–Trinajstić information content (AvgIpc) is 2.80. The van der Waals surface area contributed by atoms with Crippen LogP contribution in [0.2, 0.25) is 0 Å². The molecule has 1 radical (unpaired) electrons. The molecule has 0 bridgehead atoms. The molecule has 4 aromatic rings. The van der Waals surface area contributed by atoms with Crippen LogP contribution in [0.4, 0.5) is 11.4 Å². The van der Waals surface area contributed by atoms with Gasteiger partial charge in [0.15, 0.2) is 0 Å². The number of hydrogen-bond donors (Lipinski definition) is 4. The molecule has 0 saturated carbocycles. The first-order chi connectivity index (χ1) is 15.5. The molecule has 0 unspecified atom stereocenters. The van der Waals surface area contributed by atoms with E-state index in [9.17, 15) is 20.4 Å². The molecule has 33 heavy (non-hydrogen) atoms. The smallest absolute Gasteiger partial charge is 0.141 e. The fourth-order valence-electron chi connectivity index (χ4n) is 2.62. The number of rotatable bonds is 4. The van der Waals surface area contributed by atoms with Gasteiger partial charge in [-0.2, -0.15) is 0 Å². The van der Waals surface area contributed by atoms with E-state index in [-0.39, 0.29) is 40.1 Å². The van der Waals surface area contributed by atoms with Gasteiger partial charge in [-0.25, -0.2) is 0 Å². The third-order valence-electron chi connectivity index (χ3n) is 4.32. The monoisotopic (exact) mass is 481 g/mol. The van der Waals surface area contributed by atoms with E-state index < -0.39 is 0 Å². The van der Waals surface area contributed by atoms with Crippen molar-refractivity contribution >= 4 is 23.8 Å². The molecule has 7 heteroatoms. The van der Waals surface area contributed by atoms with E-state index in [1.54, 1.807) is 84.9 Å². The first kappa shape index (κ1) is 25.2. The van der Waals surface area contributed by atoms with Crippen molar-refractivity contribution in [1.29, 1.82) is 0 Å². The maximum atomic E-state index is 9.50. The Balaban J connectivity index is 0.000000227. The maximum absolute atomic E-state index is 9.50. The number of phenolic OH excluding ortho intramolecular Hbond substituents is 4. The molecule has 4 aromatic carbocycles. The largest absolute Gasteiger partial charge is 0.507 e. The van der Waals surface area contributed by atoms with Crippen molar-refractivity contribution in [2.24, 2.45) is 9.98 Å². The zero-order valence-corrected chi connectivity index (χ0v) is 18.6. The first-order valence-corrected chi connectivity index (χ1v) is 9.74. The van der Waals surface area contributed by atoms with Gasteiger partial charge in [0.25, 0.3) is 0 Å². The summed E-state index contributed by atoms with van der Waals surface area (Å²) >= 11 is 0. The first-order valence-electron chi connectivity index (χ1n) is 9.74. The Labute approximate surface area is 202 Å². The zero-order chi connectivity index (χ0) is 22.8. The second kappa shape index (κ2) is 12.7. The van der Waals surface area contributed by atoms with Gasteiger partial charge in [0.2, 0.25) is 0 Å². The SMILES string of the molecule is Oc1ccccc1C=Nc1ccccc1O.Oc1ccccc1C=Nc1ccccc1O.[Mn]. The van der Waals surface area contributed by atoms with Gasteiger partial charge in [-0.1, -0.05) is 48.5 Å². The van der Waals surface area contributed by atoms with Gasteiger partial charge in [-0.15, -0.1) is 0 Å². The van der Waals surface area contributed by atoms with Gasteiger partial charge in [-0.3, -0.25) is 9.98 Å². The number of hydrogen-bond acceptors (Lipinski definition) is 6. The maximum Gasteiger partial charge on any atom is 0.141 e. The summed E-state index contributed by atoms with van der Waals surface area (Å²) in [7, 11) is 0. The number of benzene rings is 4. The average molecular weight is 481 g/mol. The second-order valence-corrected chi connectivity index (χ2v) is 6.61. The number of phenols is 4. The Morgan fingerprint density at radius 1 is 0.424 bits per heavy atom. The summed E-state index contributed by atoms with van der Waals surface area (Å²) in [6.45, 7) is 0. The quantitative estimate of drug-likeness (QED) is 0.222. The molecule has 0 aliphatic heterocycles. The van der Waals surface area contributed by atoms with Crippen molar-refractivity contribution in [3.05, 3.63) is 108 Å². The summed E-state index contributed by atoms with van der Waals surface area (Å²) in [5, 5.41) is 38.0. The minimum Gasteiger partial charge on any atom is -0.507 e. The minimum absolute atomic E-state index is 0. The van der Waals surface area contributed by atoms with Crippen molar-refractivity contribution in [2.75, 3.05) is 0 Å². The topological polar surface area (TPSA) is 106 Å². The summed E-state index contributed by atoms with van der Waals surface area (Å²) in [5.41, 5.74) is 2.19. The Kier molecular flexibility index (Phi) is 9.71. The molecule has 167 valence electrons. The molecular formula is C26H22MnN2O4. The van der Waals surface area contributed by atoms with Crippen LogP contribution in [0.1, 0.15) is 11.1 Å². The number of nitrogens with zero attached hydrogens (tertiary/aromatic N) is 2. The number of para-hydroxylation sites is 6. The van der Waals surface area contributed by atoms with Crippen LogP contribution in [0.5, 0.6) is 23.0 Å². The van der Waals surface area contributed by atoms with Gasteiger partial charge >= 0.3 is 0 Å². The van der Waals surface area contributed by atoms with E-state index in [0.29, 0.717) is 22.5 Å². The van der Waals surface area contributed by atoms with Crippen LogP contribution in [0.25, 0.3) is 0 Å². The molecule has 0 aliphatic carbocycles. The van der Waals surface area contributed by atoms with Crippen LogP contribution in [0, 0.1) is 0 Å². The van der Waals surface area contributed by atoms with Gasteiger partial charge in [0.1, 0.15) is 34.4 Å². The molecule has 0 heterocycles. The normalized spacial score (nSPS) is 10.4. The third kappa shape index (κ3) is 7.54. The third-order valence-corrected chi connectivity index (χ3v) is 4.32. The van der Waals surface area contributed by atoms with E-state index in [0.717, 1.165) is 0 Å². The van der Waals surface area contributed by atoms with Crippen molar-refractivity contribution < 1.29 is 37.5 Å². The molecule has 0 fully saturated rings. The van der Waals surface area contributed by atoms with Crippen molar-refractivity contribution in [1.82, 2.24) is 0 Å². The van der Waals surface area contributed by atoms with Crippen molar-refractivity contribution in [2.45, 2.75) is 0 Å². The fourth-order valence-corrected chi connectivity index (χ4v) is 2.62. The fraction of sp³-hybridized carbons (Fsp3) is 0. The summed E-state index contributed by atoms with van der Waals surface area (Å²) < 4.78 is 0. The van der Waals surface area contributed by atoms with Crippen LogP contribution >= 0.6 is 0 Å². The van der Waals surface area contributed by atoms with Crippen molar-refractivity contribution in [3.8, 4) is 23.0 Å². The van der Waals surface area contributed by atoms with E-state index in [1.165, 1.54) is 12.4 Å². The van der Waals surface area contributed by atoms with Gasteiger partial charge in [-0.05, 0) is 48.5 Å². The Bertz CT molecular complexity index is 1050. The van der Waals surface area contributed by atoms with Crippen LogP contribution in [-0.4, -0.2) is 32.9 Å². The molecule has 6 nitrogen and oxygen atoms in total. The molecular weight excluding hydrogens is 459 g/mol. The van der Waals surface area contributed by atoms with Gasteiger partial charge in [0, 0.05) is 40.6 Å². The predicted octanol–water partition coefficient (Wildman–Crippen LogP) is 5.69. The van der Waals surface area contributed by atoms with Crippen LogP contribution in [-0.2, 0) is 17.1 Å². The molecule has 0 amide bonds. The van der Waals surface area contributed by atoms with E-state index >= 15 is 0 Å². The van der Waals surface area contributed by atoms with Crippen LogP contribution < -0.4 is 0 Å². The predicted molar refractivity (Wildman–Crippen MR) is 127 cm³/mol. The molecule has 0 atom stereocenters. The second-order valence-electron chi connectivity index (χ2n) is 6.61. The van der Waals surface area contributed by atoms with Gasteiger partial charge in [0.05, 0.1) is 0 Å². The number of aromatic hydroxyl groups is 4. The van der Waals surface area contributed by atoms with Gasteiger partial charge < -0.3 is 20.4 Å². The van der Waals surface area contributed by atoms with Crippen LogP contribution in [0.3, 0.4) is 0 Å². The van der Waals surface area contributed by atoms with E-state index in [1.807, 2.05) is 12.1 Å². The Hall–Kier alpha value is -4.06. The standard InChI is InChI=1S/2C13H11NO2.Mn/c2*15-12-7-3-1-5-10(12)9-14-11-6-2-4-8-13(11)16;/h2*1-9,15-16H;. The molecule has 0 aromatic heterocycles. The summed E-state index contributed by atoms with van der Waals surface area (Å²) in [6, 6.07) is 27.4. The summed E-state index contributed by atoms with van der Waals surface area (Å²) in [5.74, 6) is 0.576. The minimum atomic E-state index is 0. The van der Waals surface area contributed by atoms with E-state index in [2.05, 4.69) is 9.98 Å². The summed E-state index contributed by atoms with van der Waals surface area (Å²) in [4.78, 5) is 8.20. The van der Waals surface area contributed by atoms with Crippen LogP contribution in [0.15, 0.2) is 107 Å². The molecule has 0 spiro atoms.